The summed E-state index contributed by atoms with van der Waals surface area (Å²) in [5.74, 6) is 0.754. The molecule has 0 spiro atoms. The molecule has 2 N–H and O–H groups in total. The maximum atomic E-state index is 5.96. The molecule has 0 radical (unpaired) electrons. The van der Waals surface area contributed by atoms with E-state index in [4.69, 9.17) is 5.73 Å². The Kier molecular flexibility index (Phi) is 5.33. The lowest BCUT2D eigenvalue weighted by atomic mass is 10.0. The van der Waals surface area contributed by atoms with Crippen molar-refractivity contribution in [3.05, 3.63) is 28.5 Å². The fraction of sp³-hybridized carbons (Fsp3) is 0.643. The Morgan fingerprint density at radius 2 is 2.37 bits per heavy atom. The van der Waals surface area contributed by atoms with Gasteiger partial charge in [-0.15, -0.1) is 0 Å². The first-order valence-electron chi connectivity index (χ1n) is 6.79. The Morgan fingerprint density at radius 1 is 1.58 bits per heavy atom. The van der Waals surface area contributed by atoms with E-state index in [1.807, 2.05) is 12.4 Å². The molecule has 1 fully saturated rings. The fourth-order valence-electron chi connectivity index (χ4n) is 2.89. The monoisotopic (exact) mass is 326 g/mol. The molecule has 0 aliphatic carbocycles. The number of nitrogens with two attached hydrogens (primary N) is 1. The summed E-state index contributed by atoms with van der Waals surface area (Å²) < 4.78 is 1.01. The van der Waals surface area contributed by atoms with E-state index in [9.17, 15) is 0 Å². The summed E-state index contributed by atoms with van der Waals surface area (Å²) in [6.07, 6.45) is 5.01. The Labute approximate surface area is 124 Å². The lowest BCUT2D eigenvalue weighted by Gasteiger charge is -2.29. The number of nitrogens with zero attached hydrogens (tertiary/aromatic N) is 3. The van der Waals surface area contributed by atoms with Crippen LogP contribution in [0.15, 0.2) is 22.9 Å². The van der Waals surface area contributed by atoms with E-state index in [-0.39, 0.29) is 6.04 Å². The number of hydrogen-bond acceptors (Lipinski definition) is 4. The van der Waals surface area contributed by atoms with Crippen LogP contribution in [0.1, 0.15) is 18.0 Å². The van der Waals surface area contributed by atoms with Crippen molar-refractivity contribution in [1.82, 2.24) is 14.8 Å². The summed E-state index contributed by atoms with van der Waals surface area (Å²) >= 11 is 3.48. The molecule has 5 heteroatoms. The van der Waals surface area contributed by atoms with Crippen molar-refractivity contribution >= 4 is 15.9 Å². The zero-order chi connectivity index (χ0) is 13.8. The van der Waals surface area contributed by atoms with Crippen molar-refractivity contribution in [1.29, 1.82) is 0 Å². The van der Waals surface area contributed by atoms with Crippen molar-refractivity contribution in [2.75, 3.05) is 40.3 Å². The van der Waals surface area contributed by atoms with Gasteiger partial charge in [-0.1, -0.05) is 0 Å². The van der Waals surface area contributed by atoms with Crippen LogP contribution in [0.4, 0.5) is 0 Å². The average Bonchev–Trinajstić information content (AvgIpc) is 2.75. The standard InChI is InChI=1S/C14H23BrN4/c1-18-4-3-11(9-18)10-19(2)14(6-16)12-5-13(15)8-17-7-12/h5,7-8,11,14H,3-4,6,9-10,16H2,1-2H3. The minimum Gasteiger partial charge on any atom is -0.329 e. The molecule has 2 heterocycles. The van der Waals surface area contributed by atoms with Crippen molar-refractivity contribution in [3.8, 4) is 0 Å². The minimum absolute atomic E-state index is 0.246. The van der Waals surface area contributed by atoms with Crippen molar-refractivity contribution in [3.63, 3.8) is 0 Å². The predicted octanol–water partition coefficient (Wildman–Crippen LogP) is 1.73. The number of halogens is 1. The first-order valence-corrected chi connectivity index (χ1v) is 7.58. The molecule has 2 rings (SSSR count). The van der Waals surface area contributed by atoms with Gasteiger partial charge in [0.05, 0.1) is 0 Å². The van der Waals surface area contributed by atoms with Gasteiger partial charge < -0.3 is 10.6 Å². The molecule has 19 heavy (non-hydrogen) atoms. The maximum Gasteiger partial charge on any atom is 0.0483 e. The van der Waals surface area contributed by atoms with Gasteiger partial charge in [0, 0.05) is 42.5 Å². The van der Waals surface area contributed by atoms with Gasteiger partial charge in [0.15, 0.2) is 0 Å². The van der Waals surface area contributed by atoms with Crippen molar-refractivity contribution in [2.45, 2.75) is 12.5 Å². The first-order chi connectivity index (χ1) is 9.10. The number of hydrogen-bond donors (Lipinski definition) is 1. The summed E-state index contributed by atoms with van der Waals surface area (Å²) in [6.45, 7) is 4.12. The third-order valence-electron chi connectivity index (χ3n) is 3.90. The van der Waals surface area contributed by atoms with Crippen LogP contribution in [0.2, 0.25) is 0 Å². The molecule has 4 nitrogen and oxygen atoms in total. The molecule has 1 aliphatic rings. The van der Waals surface area contributed by atoms with Crippen LogP contribution in [0.5, 0.6) is 0 Å². The second-order valence-corrected chi connectivity index (χ2v) is 6.46. The van der Waals surface area contributed by atoms with E-state index in [2.05, 4.69) is 50.9 Å². The molecule has 0 saturated carbocycles. The van der Waals surface area contributed by atoms with Crippen LogP contribution in [0.25, 0.3) is 0 Å². The summed E-state index contributed by atoms with van der Waals surface area (Å²) in [6, 6.07) is 2.36. The Balaban J connectivity index is 2.00. The topological polar surface area (TPSA) is 45.4 Å². The normalized spacial score (nSPS) is 22.1. The largest absolute Gasteiger partial charge is 0.329 e. The van der Waals surface area contributed by atoms with E-state index in [0.29, 0.717) is 6.54 Å². The van der Waals surface area contributed by atoms with Crippen LogP contribution in [0.3, 0.4) is 0 Å². The van der Waals surface area contributed by atoms with Gasteiger partial charge in [0.1, 0.15) is 0 Å². The van der Waals surface area contributed by atoms with E-state index < -0.39 is 0 Å². The van der Waals surface area contributed by atoms with Gasteiger partial charge in [0.25, 0.3) is 0 Å². The zero-order valence-corrected chi connectivity index (χ0v) is 13.3. The van der Waals surface area contributed by atoms with Gasteiger partial charge in [-0.25, -0.2) is 0 Å². The lowest BCUT2D eigenvalue weighted by Crippen LogP contribution is -2.35. The molecule has 1 aliphatic heterocycles. The lowest BCUT2D eigenvalue weighted by molar-refractivity contribution is 0.211. The molecule has 1 aromatic heterocycles. The predicted molar refractivity (Wildman–Crippen MR) is 82.0 cm³/mol. The summed E-state index contributed by atoms with van der Waals surface area (Å²) in [5.41, 5.74) is 7.15. The van der Waals surface area contributed by atoms with Gasteiger partial charge in [-0.05, 0) is 60.5 Å². The molecule has 106 valence electrons. The highest BCUT2D eigenvalue weighted by molar-refractivity contribution is 9.10. The highest BCUT2D eigenvalue weighted by Crippen LogP contribution is 2.23. The van der Waals surface area contributed by atoms with Crippen LogP contribution < -0.4 is 5.73 Å². The highest BCUT2D eigenvalue weighted by atomic mass is 79.9. The fourth-order valence-corrected chi connectivity index (χ4v) is 3.27. The average molecular weight is 327 g/mol. The van der Waals surface area contributed by atoms with Crippen LogP contribution >= 0.6 is 15.9 Å². The second kappa shape index (κ2) is 6.79. The molecule has 1 saturated heterocycles. The number of likely N-dealkylation sites (N-methyl/N-ethyl adjacent to an activating group) is 1. The molecule has 2 unspecified atom stereocenters. The SMILES string of the molecule is CN1CCC(CN(C)C(CN)c2cncc(Br)c2)C1. The van der Waals surface area contributed by atoms with E-state index in [1.54, 1.807) is 0 Å². The van der Waals surface area contributed by atoms with E-state index in [0.717, 1.165) is 16.9 Å². The Bertz CT molecular complexity index is 412. The first kappa shape index (κ1) is 14.9. The number of rotatable bonds is 5. The summed E-state index contributed by atoms with van der Waals surface area (Å²) in [5, 5.41) is 0. The van der Waals surface area contributed by atoms with Gasteiger partial charge in [-0.2, -0.15) is 0 Å². The summed E-state index contributed by atoms with van der Waals surface area (Å²) in [7, 11) is 4.36. The van der Waals surface area contributed by atoms with E-state index >= 15 is 0 Å². The third-order valence-corrected chi connectivity index (χ3v) is 4.33. The maximum absolute atomic E-state index is 5.96. The number of likely N-dealkylation sites (tertiary alicyclic amines) is 1. The van der Waals surface area contributed by atoms with Crippen molar-refractivity contribution < 1.29 is 0 Å². The van der Waals surface area contributed by atoms with Crippen LogP contribution in [-0.4, -0.2) is 55.1 Å². The smallest absolute Gasteiger partial charge is 0.0483 e. The molecule has 0 amide bonds. The third kappa shape index (κ3) is 3.99. The Hall–Kier alpha value is -0.490. The van der Waals surface area contributed by atoms with Gasteiger partial charge in [0.2, 0.25) is 0 Å². The molecular formula is C14H23BrN4. The van der Waals surface area contributed by atoms with Gasteiger partial charge >= 0.3 is 0 Å². The van der Waals surface area contributed by atoms with Crippen LogP contribution in [0, 0.1) is 5.92 Å². The minimum atomic E-state index is 0.246. The molecule has 2 atom stereocenters. The van der Waals surface area contributed by atoms with E-state index in [1.165, 1.54) is 25.1 Å². The summed E-state index contributed by atoms with van der Waals surface area (Å²) in [4.78, 5) is 9.01. The van der Waals surface area contributed by atoms with Crippen LogP contribution in [-0.2, 0) is 0 Å². The molecule has 0 aromatic carbocycles. The number of pyridine rings is 1. The zero-order valence-electron chi connectivity index (χ0n) is 11.7. The highest BCUT2D eigenvalue weighted by Gasteiger charge is 2.24. The quantitative estimate of drug-likeness (QED) is 0.895. The molecule has 0 bridgehead atoms. The van der Waals surface area contributed by atoms with Crippen molar-refractivity contribution in [2.24, 2.45) is 11.7 Å². The van der Waals surface area contributed by atoms with Gasteiger partial charge in [-0.3, -0.25) is 9.88 Å². The molecular weight excluding hydrogens is 304 g/mol. The number of aromatic nitrogens is 1. The Morgan fingerprint density at radius 3 is 2.95 bits per heavy atom. The molecule has 1 aromatic rings. The second-order valence-electron chi connectivity index (χ2n) is 5.54.